The van der Waals surface area contributed by atoms with Gasteiger partial charge in [0.05, 0.1) is 0 Å². The van der Waals surface area contributed by atoms with Crippen molar-refractivity contribution in [1.82, 2.24) is 0 Å². The standard InChI is InChI=1S/C7H4F12N2/c8-1(2(9)20)3(10,11)4(12,13)5(14,15)6(16,17)7(18,19)21/h1,20H,21H2. The molecule has 126 valence electrons. The predicted octanol–water partition coefficient (Wildman–Crippen LogP) is 3.36. The van der Waals surface area contributed by atoms with Crippen LogP contribution in [0.4, 0.5) is 52.7 Å². The largest absolute Gasteiger partial charge is 0.392 e. The lowest BCUT2D eigenvalue weighted by Gasteiger charge is -2.38. The van der Waals surface area contributed by atoms with E-state index in [2.05, 4.69) is 5.73 Å². The van der Waals surface area contributed by atoms with Crippen LogP contribution in [-0.2, 0) is 0 Å². The Labute approximate surface area is 107 Å². The second-order valence-corrected chi connectivity index (χ2v) is 3.68. The van der Waals surface area contributed by atoms with Gasteiger partial charge in [0.1, 0.15) is 0 Å². The van der Waals surface area contributed by atoms with Gasteiger partial charge in [-0.1, -0.05) is 0 Å². The summed E-state index contributed by atoms with van der Waals surface area (Å²) < 4.78 is 149. The fourth-order valence-corrected chi connectivity index (χ4v) is 0.934. The summed E-state index contributed by atoms with van der Waals surface area (Å²) in [4.78, 5) is 0. The van der Waals surface area contributed by atoms with E-state index in [-0.39, 0.29) is 0 Å². The van der Waals surface area contributed by atoms with Gasteiger partial charge >= 0.3 is 29.7 Å². The lowest BCUT2D eigenvalue weighted by Crippen LogP contribution is -2.71. The summed E-state index contributed by atoms with van der Waals surface area (Å²) >= 11 is 0. The average Bonchev–Trinajstić information content (AvgIpc) is 2.25. The fourth-order valence-electron chi connectivity index (χ4n) is 0.934. The fraction of sp³-hybridized carbons (Fsp3) is 0.857. The number of hydrogen-bond acceptors (Lipinski definition) is 2. The highest BCUT2D eigenvalue weighted by atomic mass is 19.4. The molecule has 0 spiro atoms. The third-order valence-corrected chi connectivity index (χ3v) is 2.17. The monoisotopic (exact) mass is 344 g/mol. The highest BCUT2D eigenvalue weighted by molar-refractivity contribution is 5.77. The molecule has 1 atom stereocenters. The number of rotatable bonds is 6. The molecule has 21 heavy (non-hydrogen) atoms. The molecule has 0 aliphatic rings. The van der Waals surface area contributed by atoms with Gasteiger partial charge in [-0.25, -0.2) is 4.39 Å². The molecule has 1 unspecified atom stereocenters. The van der Waals surface area contributed by atoms with Crippen molar-refractivity contribution in [3.63, 3.8) is 0 Å². The summed E-state index contributed by atoms with van der Waals surface area (Å²) in [5, 5.41) is 5.66. The van der Waals surface area contributed by atoms with Gasteiger partial charge in [0.25, 0.3) is 0 Å². The van der Waals surface area contributed by atoms with Crippen molar-refractivity contribution in [3.8, 4) is 0 Å². The highest BCUT2D eigenvalue weighted by Gasteiger charge is 2.87. The van der Waals surface area contributed by atoms with Crippen LogP contribution in [-0.4, -0.2) is 41.9 Å². The zero-order chi connectivity index (χ0) is 17.7. The van der Waals surface area contributed by atoms with Gasteiger partial charge in [0.15, 0.2) is 0 Å². The predicted molar refractivity (Wildman–Crippen MR) is 42.7 cm³/mol. The molecule has 0 aromatic heterocycles. The van der Waals surface area contributed by atoms with Crippen molar-refractivity contribution in [2.75, 3.05) is 0 Å². The first-order chi connectivity index (χ1) is 8.85. The summed E-state index contributed by atoms with van der Waals surface area (Å²) in [5.74, 6) is -32.6. The van der Waals surface area contributed by atoms with E-state index in [4.69, 9.17) is 5.41 Å². The molecule has 0 aliphatic carbocycles. The number of alkyl halides is 11. The normalized spacial score (nSPS) is 16.8. The molecular weight excluding hydrogens is 340 g/mol. The van der Waals surface area contributed by atoms with Crippen LogP contribution in [0.15, 0.2) is 0 Å². The minimum Gasteiger partial charge on any atom is -0.275 e. The van der Waals surface area contributed by atoms with E-state index in [9.17, 15) is 52.7 Å². The molecule has 14 heteroatoms. The van der Waals surface area contributed by atoms with Crippen molar-refractivity contribution in [2.45, 2.75) is 35.9 Å². The minimum atomic E-state index is -7.57. The van der Waals surface area contributed by atoms with Crippen LogP contribution in [0.25, 0.3) is 0 Å². The van der Waals surface area contributed by atoms with Crippen molar-refractivity contribution in [2.24, 2.45) is 5.73 Å². The average molecular weight is 344 g/mol. The number of nitrogens with two attached hydrogens (primary N) is 1. The van der Waals surface area contributed by atoms with Gasteiger partial charge in [-0.2, -0.15) is 48.3 Å². The third kappa shape index (κ3) is 2.64. The maximum absolute atomic E-state index is 12.7. The molecule has 0 aromatic carbocycles. The second kappa shape index (κ2) is 4.91. The Kier molecular flexibility index (Phi) is 4.63. The van der Waals surface area contributed by atoms with Gasteiger partial charge in [-0.05, 0) is 0 Å². The Morgan fingerprint density at radius 1 is 0.762 bits per heavy atom. The van der Waals surface area contributed by atoms with Crippen LogP contribution in [0, 0.1) is 5.41 Å². The van der Waals surface area contributed by atoms with Crippen molar-refractivity contribution in [3.05, 3.63) is 0 Å². The summed E-state index contributed by atoms with van der Waals surface area (Å²) in [6.45, 7) is 0. The minimum absolute atomic E-state index is 3.22. The quantitative estimate of drug-likeness (QED) is 0.433. The van der Waals surface area contributed by atoms with Crippen LogP contribution in [0.3, 0.4) is 0 Å². The molecule has 2 nitrogen and oxygen atoms in total. The van der Waals surface area contributed by atoms with Gasteiger partial charge in [0.2, 0.25) is 12.1 Å². The molecule has 0 heterocycles. The molecule has 0 aliphatic heterocycles. The molecule has 0 radical (unpaired) electrons. The molecule has 0 saturated heterocycles. The van der Waals surface area contributed by atoms with Gasteiger partial charge in [-0.15, -0.1) is 0 Å². The van der Waals surface area contributed by atoms with Crippen molar-refractivity contribution < 1.29 is 52.7 Å². The molecular formula is C7H4F12N2. The topological polar surface area (TPSA) is 49.9 Å². The van der Waals surface area contributed by atoms with Gasteiger partial charge in [0, 0.05) is 0 Å². The molecule has 0 saturated carbocycles. The maximum atomic E-state index is 12.7. The SMILES string of the molecule is N=C(F)C(F)C(F)(F)C(F)(F)C(F)(F)C(F)(F)C(N)(F)F. The van der Waals surface area contributed by atoms with E-state index >= 15 is 0 Å². The van der Waals surface area contributed by atoms with Crippen molar-refractivity contribution >= 4 is 5.97 Å². The van der Waals surface area contributed by atoms with Crippen LogP contribution < -0.4 is 5.73 Å². The van der Waals surface area contributed by atoms with Crippen LogP contribution in [0.1, 0.15) is 0 Å². The summed E-state index contributed by atoms with van der Waals surface area (Å²) in [5.41, 5.74) is 3.22. The van der Waals surface area contributed by atoms with Crippen LogP contribution >= 0.6 is 0 Å². The second-order valence-electron chi connectivity index (χ2n) is 3.68. The molecule has 0 fully saturated rings. The highest BCUT2D eigenvalue weighted by Crippen LogP contribution is 2.56. The van der Waals surface area contributed by atoms with E-state index in [1.165, 1.54) is 0 Å². The first-order valence-corrected chi connectivity index (χ1v) is 4.41. The number of hydrogen-bond donors (Lipinski definition) is 2. The van der Waals surface area contributed by atoms with E-state index in [0.29, 0.717) is 0 Å². The first kappa shape index (κ1) is 19.8. The van der Waals surface area contributed by atoms with Crippen LogP contribution in [0.2, 0.25) is 0 Å². The first-order valence-electron chi connectivity index (χ1n) is 4.41. The van der Waals surface area contributed by atoms with E-state index in [1.54, 1.807) is 0 Å². The Balaban J connectivity index is 6.06. The number of halogens is 12. The maximum Gasteiger partial charge on any atom is 0.392 e. The zero-order valence-electron chi connectivity index (χ0n) is 9.19. The van der Waals surface area contributed by atoms with E-state index in [0.717, 1.165) is 0 Å². The van der Waals surface area contributed by atoms with E-state index < -0.39 is 41.9 Å². The molecule has 0 aromatic rings. The summed E-state index contributed by atoms with van der Waals surface area (Å²) in [6, 6.07) is -6.38. The molecule has 0 bridgehead atoms. The molecule has 0 amide bonds. The Morgan fingerprint density at radius 2 is 1.10 bits per heavy atom. The Bertz CT molecular complexity index is 410. The van der Waals surface area contributed by atoms with E-state index in [1.807, 2.05) is 0 Å². The third-order valence-electron chi connectivity index (χ3n) is 2.17. The summed E-state index contributed by atoms with van der Waals surface area (Å²) in [6.07, 6.45) is -5.07. The Hall–Kier alpha value is -1.21. The number of nitrogens with one attached hydrogen (secondary N) is 1. The smallest absolute Gasteiger partial charge is 0.275 e. The zero-order valence-corrected chi connectivity index (χ0v) is 9.19. The summed E-state index contributed by atoms with van der Waals surface area (Å²) in [7, 11) is 0. The molecule has 0 rings (SSSR count). The van der Waals surface area contributed by atoms with Crippen molar-refractivity contribution in [1.29, 1.82) is 5.41 Å². The van der Waals surface area contributed by atoms with Gasteiger partial charge < -0.3 is 0 Å². The van der Waals surface area contributed by atoms with Crippen LogP contribution in [0.5, 0.6) is 0 Å². The molecule has 3 N–H and O–H groups in total. The lowest BCUT2D eigenvalue weighted by molar-refractivity contribution is -0.404. The van der Waals surface area contributed by atoms with Gasteiger partial charge in [-0.3, -0.25) is 11.1 Å². The Morgan fingerprint density at radius 3 is 1.33 bits per heavy atom. The lowest BCUT2D eigenvalue weighted by atomic mass is 9.94.